The summed E-state index contributed by atoms with van der Waals surface area (Å²) in [5.74, 6) is 1.25. The molecule has 0 unspecified atom stereocenters. The van der Waals surface area contributed by atoms with E-state index in [9.17, 15) is 4.79 Å². The maximum atomic E-state index is 12.0. The molecule has 0 aliphatic carbocycles. The lowest BCUT2D eigenvalue weighted by Crippen LogP contribution is -2.28. The van der Waals surface area contributed by atoms with E-state index in [2.05, 4.69) is 30.2 Å². The highest BCUT2D eigenvalue weighted by Gasteiger charge is 2.10. The molecule has 1 aromatic carbocycles. The van der Waals surface area contributed by atoms with Crippen molar-refractivity contribution in [3.63, 3.8) is 0 Å². The van der Waals surface area contributed by atoms with Crippen molar-refractivity contribution in [1.29, 1.82) is 0 Å². The normalized spacial score (nSPS) is 10.5. The molecule has 2 aromatic heterocycles. The number of nitrogens with one attached hydrogen (secondary N) is 2. The standard InChI is InChI=1S/C15H17N7O2S/c1-3-22-17-9-11(20-22)8-16-14(23)19-15-18-13(21-25-15)10-5-4-6-12(7-10)24-2/h4-7,9H,3,8H2,1-2H3,(H2,16,18,19,21,23). The molecule has 0 saturated heterocycles. The number of methoxy groups -OCH3 is 1. The molecule has 10 heteroatoms. The van der Waals surface area contributed by atoms with E-state index < -0.39 is 0 Å². The Labute approximate surface area is 148 Å². The van der Waals surface area contributed by atoms with E-state index in [1.807, 2.05) is 31.2 Å². The Bertz CT molecular complexity index is 861. The van der Waals surface area contributed by atoms with Crippen LogP contribution >= 0.6 is 11.5 Å². The van der Waals surface area contributed by atoms with Crippen molar-refractivity contribution in [2.24, 2.45) is 0 Å². The third-order valence-corrected chi connectivity index (χ3v) is 3.90. The number of aryl methyl sites for hydroxylation is 1. The fourth-order valence-electron chi connectivity index (χ4n) is 2.03. The van der Waals surface area contributed by atoms with Gasteiger partial charge in [0.05, 0.1) is 26.4 Å². The van der Waals surface area contributed by atoms with Gasteiger partial charge >= 0.3 is 6.03 Å². The van der Waals surface area contributed by atoms with Crippen LogP contribution in [0.5, 0.6) is 5.75 Å². The van der Waals surface area contributed by atoms with E-state index in [0.29, 0.717) is 23.2 Å². The van der Waals surface area contributed by atoms with Crippen LogP contribution in [0.4, 0.5) is 9.93 Å². The summed E-state index contributed by atoms with van der Waals surface area (Å²) in [7, 11) is 1.60. The van der Waals surface area contributed by atoms with Crippen molar-refractivity contribution in [2.75, 3.05) is 12.4 Å². The lowest BCUT2D eigenvalue weighted by atomic mass is 10.2. The number of hydrogen-bond acceptors (Lipinski definition) is 7. The van der Waals surface area contributed by atoms with E-state index >= 15 is 0 Å². The van der Waals surface area contributed by atoms with Gasteiger partial charge < -0.3 is 10.1 Å². The van der Waals surface area contributed by atoms with Gasteiger partial charge in [-0.15, -0.1) is 0 Å². The smallest absolute Gasteiger partial charge is 0.321 e. The highest BCUT2D eigenvalue weighted by Crippen LogP contribution is 2.24. The SMILES string of the molecule is CCn1ncc(CNC(=O)Nc2nc(-c3cccc(OC)c3)ns2)n1. The van der Waals surface area contributed by atoms with Crippen molar-refractivity contribution in [2.45, 2.75) is 20.0 Å². The quantitative estimate of drug-likeness (QED) is 0.698. The van der Waals surface area contributed by atoms with Crippen LogP contribution in [0.2, 0.25) is 0 Å². The summed E-state index contributed by atoms with van der Waals surface area (Å²) >= 11 is 1.11. The minimum Gasteiger partial charge on any atom is -0.497 e. The van der Waals surface area contributed by atoms with E-state index in [1.165, 1.54) is 0 Å². The zero-order valence-electron chi connectivity index (χ0n) is 13.8. The lowest BCUT2D eigenvalue weighted by molar-refractivity contribution is 0.251. The summed E-state index contributed by atoms with van der Waals surface area (Å²) in [6, 6.07) is 7.05. The van der Waals surface area contributed by atoms with Crippen LogP contribution in [0.1, 0.15) is 12.6 Å². The van der Waals surface area contributed by atoms with Gasteiger partial charge in [-0.05, 0) is 19.1 Å². The van der Waals surface area contributed by atoms with E-state index in [0.717, 1.165) is 22.8 Å². The maximum Gasteiger partial charge on any atom is 0.321 e. The number of urea groups is 1. The molecular weight excluding hydrogens is 342 g/mol. The third-order valence-electron chi connectivity index (χ3n) is 3.27. The third kappa shape index (κ3) is 4.29. The van der Waals surface area contributed by atoms with Crippen LogP contribution < -0.4 is 15.4 Å². The van der Waals surface area contributed by atoms with E-state index in [1.54, 1.807) is 18.1 Å². The number of ether oxygens (including phenoxy) is 1. The van der Waals surface area contributed by atoms with Crippen molar-refractivity contribution in [3.8, 4) is 17.1 Å². The summed E-state index contributed by atoms with van der Waals surface area (Å²) in [6.07, 6.45) is 1.62. The predicted molar refractivity (Wildman–Crippen MR) is 93.5 cm³/mol. The average molecular weight is 359 g/mol. The molecule has 3 rings (SSSR count). The zero-order chi connectivity index (χ0) is 17.6. The predicted octanol–water partition coefficient (Wildman–Crippen LogP) is 2.15. The van der Waals surface area contributed by atoms with Crippen molar-refractivity contribution < 1.29 is 9.53 Å². The minimum absolute atomic E-state index is 0.285. The Kier molecular flexibility index (Phi) is 5.19. The maximum absolute atomic E-state index is 12.0. The number of amides is 2. The van der Waals surface area contributed by atoms with Gasteiger partial charge in [-0.25, -0.2) is 4.79 Å². The van der Waals surface area contributed by atoms with Gasteiger partial charge in [-0.2, -0.15) is 24.4 Å². The van der Waals surface area contributed by atoms with Crippen LogP contribution in [-0.4, -0.2) is 37.5 Å². The number of aromatic nitrogens is 5. The first-order chi connectivity index (χ1) is 12.2. The summed E-state index contributed by atoms with van der Waals surface area (Å²) in [6.45, 7) is 2.91. The van der Waals surface area contributed by atoms with Gasteiger partial charge in [-0.3, -0.25) is 5.32 Å². The number of carbonyl (C=O) groups excluding carboxylic acids is 1. The first-order valence-electron chi connectivity index (χ1n) is 7.60. The molecule has 0 fully saturated rings. The van der Waals surface area contributed by atoms with Crippen LogP contribution in [0.3, 0.4) is 0 Å². The number of carbonyl (C=O) groups is 1. The Balaban J connectivity index is 1.57. The van der Waals surface area contributed by atoms with Gasteiger partial charge in [0.2, 0.25) is 5.13 Å². The number of nitrogens with zero attached hydrogens (tertiary/aromatic N) is 5. The molecule has 0 atom stereocenters. The second kappa shape index (κ2) is 7.71. The van der Waals surface area contributed by atoms with E-state index in [-0.39, 0.29) is 12.6 Å². The summed E-state index contributed by atoms with van der Waals surface area (Å²) in [5, 5.41) is 14.0. The molecule has 2 heterocycles. The molecule has 3 aromatic rings. The van der Waals surface area contributed by atoms with Gasteiger partial charge in [0.1, 0.15) is 11.4 Å². The molecule has 0 saturated carbocycles. The van der Waals surface area contributed by atoms with E-state index in [4.69, 9.17) is 4.74 Å². The largest absolute Gasteiger partial charge is 0.497 e. The molecule has 2 amide bonds. The zero-order valence-corrected chi connectivity index (χ0v) is 14.6. The van der Waals surface area contributed by atoms with Gasteiger partial charge in [0.25, 0.3) is 0 Å². The molecule has 0 aliphatic rings. The van der Waals surface area contributed by atoms with Crippen LogP contribution in [0.15, 0.2) is 30.5 Å². The first kappa shape index (κ1) is 16.8. The highest BCUT2D eigenvalue weighted by molar-refractivity contribution is 7.10. The lowest BCUT2D eigenvalue weighted by Gasteiger charge is -2.02. The summed E-state index contributed by atoms with van der Waals surface area (Å²) in [4.78, 5) is 17.8. The first-order valence-corrected chi connectivity index (χ1v) is 8.37. The minimum atomic E-state index is -0.376. The molecule has 9 nitrogen and oxygen atoms in total. The number of hydrogen-bond donors (Lipinski definition) is 2. The topological polar surface area (TPSA) is 107 Å². The van der Waals surface area contributed by atoms with Crippen LogP contribution in [0.25, 0.3) is 11.4 Å². The van der Waals surface area contributed by atoms with Crippen LogP contribution in [0, 0.1) is 0 Å². The molecule has 25 heavy (non-hydrogen) atoms. The Hall–Kier alpha value is -3.01. The van der Waals surface area contributed by atoms with Crippen molar-refractivity contribution in [1.82, 2.24) is 29.7 Å². The molecule has 0 radical (unpaired) electrons. The summed E-state index contributed by atoms with van der Waals surface area (Å²) < 4.78 is 9.44. The molecule has 0 spiro atoms. The number of rotatable bonds is 6. The number of anilines is 1. The monoisotopic (exact) mass is 359 g/mol. The molecule has 130 valence electrons. The average Bonchev–Trinajstić information content (AvgIpc) is 3.29. The molecule has 0 bridgehead atoms. The summed E-state index contributed by atoms with van der Waals surface area (Å²) in [5.41, 5.74) is 1.51. The van der Waals surface area contributed by atoms with Gasteiger partial charge in [0, 0.05) is 17.1 Å². The van der Waals surface area contributed by atoms with Crippen LogP contribution in [-0.2, 0) is 13.1 Å². The van der Waals surface area contributed by atoms with Gasteiger partial charge in [0.15, 0.2) is 5.82 Å². The fraction of sp³-hybridized carbons (Fsp3) is 0.267. The Morgan fingerprint density at radius 1 is 1.40 bits per heavy atom. The Morgan fingerprint density at radius 2 is 2.28 bits per heavy atom. The second-order valence-electron chi connectivity index (χ2n) is 4.99. The molecule has 2 N–H and O–H groups in total. The Morgan fingerprint density at radius 3 is 3.04 bits per heavy atom. The highest BCUT2D eigenvalue weighted by atomic mass is 32.1. The fourth-order valence-corrected chi connectivity index (χ4v) is 2.62. The molecular formula is C15H17N7O2S. The second-order valence-corrected chi connectivity index (χ2v) is 5.74. The molecule has 0 aliphatic heterocycles. The van der Waals surface area contributed by atoms with Crippen molar-refractivity contribution >= 4 is 22.7 Å². The number of benzene rings is 1. The van der Waals surface area contributed by atoms with Gasteiger partial charge in [-0.1, -0.05) is 12.1 Å². The van der Waals surface area contributed by atoms with Crippen molar-refractivity contribution in [3.05, 3.63) is 36.2 Å².